The molecule has 0 atom stereocenters. The largest absolute Gasteiger partial charge is 0.465 e. The number of pyridine rings is 1. The molecule has 0 aliphatic carbocycles. The lowest BCUT2D eigenvalue weighted by Crippen LogP contribution is -2.41. The van der Waals surface area contributed by atoms with E-state index >= 15 is 0 Å². The zero-order valence-corrected chi connectivity index (χ0v) is 13.4. The smallest absolute Gasteiger partial charge is 0.407 e. The number of nitrogens with zero attached hydrogens (tertiary/aromatic N) is 5. The third kappa shape index (κ3) is 2.97. The summed E-state index contributed by atoms with van der Waals surface area (Å²) < 4.78 is 1.80. The Kier molecular flexibility index (Phi) is 4.50. The monoisotopic (exact) mass is 332 g/mol. The van der Waals surface area contributed by atoms with Crippen LogP contribution in [0.5, 0.6) is 0 Å². The van der Waals surface area contributed by atoms with Crippen molar-refractivity contribution in [1.82, 2.24) is 19.7 Å². The molecule has 1 aliphatic rings. The molecule has 9 nitrogen and oxygen atoms in total. The minimum Gasteiger partial charge on any atom is -0.465 e. The minimum atomic E-state index is -0.878. The molecule has 0 bridgehead atoms. The third-order valence-electron chi connectivity index (χ3n) is 4.31. The minimum absolute atomic E-state index is 0.141. The second-order valence-corrected chi connectivity index (χ2v) is 5.72. The van der Waals surface area contributed by atoms with Crippen molar-refractivity contribution >= 4 is 29.0 Å². The Labute approximate surface area is 138 Å². The van der Waals surface area contributed by atoms with Crippen LogP contribution in [0.2, 0.25) is 0 Å². The number of nitrogens with one attached hydrogen (secondary N) is 1. The molecule has 9 heteroatoms. The van der Waals surface area contributed by atoms with E-state index in [4.69, 9.17) is 10.3 Å². The van der Waals surface area contributed by atoms with E-state index in [0.29, 0.717) is 38.0 Å². The Hall–Kier alpha value is -2.84. The second-order valence-electron chi connectivity index (χ2n) is 5.72. The van der Waals surface area contributed by atoms with Gasteiger partial charge in [-0.3, -0.25) is 0 Å². The SMILES string of the molecule is CCn1ncc2c(NC3CCN(C(=O)O)CC3)c(/C=N/O)cnc21. The van der Waals surface area contributed by atoms with Gasteiger partial charge in [-0.15, -0.1) is 0 Å². The number of carbonyl (C=O) groups is 1. The van der Waals surface area contributed by atoms with Gasteiger partial charge in [0.25, 0.3) is 0 Å². The number of anilines is 1. The van der Waals surface area contributed by atoms with Gasteiger partial charge in [-0.1, -0.05) is 5.16 Å². The van der Waals surface area contributed by atoms with Gasteiger partial charge < -0.3 is 20.5 Å². The van der Waals surface area contributed by atoms with Crippen LogP contribution in [-0.4, -0.2) is 61.4 Å². The van der Waals surface area contributed by atoms with Gasteiger partial charge in [0, 0.05) is 37.4 Å². The topological polar surface area (TPSA) is 116 Å². The summed E-state index contributed by atoms with van der Waals surface area (Å²) in [6, 6.07) is 0.141. The maximum Gasteiger partial charge on any atom is 0.407 e. The van der Waals surface area contributed by atoms with Gasteiger partial charge in [0.2, 0.25) is 0 Å². The highest BCUT2D eigenvalue weighted by Crippen LogP contribution is 2.27. The fraction of sp³-hybridized carbons (Fsp3) is 0.467. The molecule has 0 spiro atoms. The van der Waals surface area contributed by atoms with Crippen LogP contribution in [0.3, 0.4) is 0 Å². The molecular weight excluding hydrogens is 312 g/mol. The van der Waals surface area contributed by atoms with E-state index in [-0.39, 0.29) is 6.04 Å². The first kappa shape index (κ1) is 16.0. The number of aromatic nitrogens is 3. The number of carboxylic acid groups (broad SMARTS) is 1. The average molecular weight is 332 g/mol. The normalized spacial score (nSPS) is 16.1. The van der Waals surface area contributed by atoms with E-state index < -0.39 is 6.09 Å². The summed E-state index contributed by atoms with van der Waals surface area (Å²) in [5.74, 6) is 0. The van der Waals surface area contributed by atoms with Gasteiger partial charge in [0.1, 0.15) is 0 Å². The van der Waals surface area contributed by atoms with Crippen LogP contribution < -0.4 is 5.32 Å². The maximum absolute atomic E-state index is 11.0. The van der Waals surface area contributed by atoms with Crippen LogP contribution in [-0.2, 0) is 6.54 Å². The van der Waals surface area contributed by atoms with Crippen molar-refractivity contribution in [3.63, 3.8) is 0 Å². The van der Waals surface area contributed by atoms with E-state index in [9.17, 15) is 4.79 Å². The molecule has 3 heterocycles. The number of amides is 1. The predicted octanol–water partition coefficient (Wildman–Crippen LogP) is 1.81. The summed E-state index contributed by atoms with van der Waals surface area (Å²) in [6.07, 6.45) is 5.28. The first-order valence-corrected chi connectivity index (χ1v) is 7.90. The second kappa shape index (κ2) is 6.73. The number of hydrogen-bond donors (Lipinski definition) is 3. The Balaban J connectivity index is 1.88. The Morgan fingerprint density at radius 2 is 2.21 bits per heavy atom. The van der Waals surface area contributed by atoms with Crippen molar-refractivity contribution in [1.29, 1.82) is 0 Å². The summed E-state index contributed by atoms with van der Waals surface area (Å²) in [5.41, 5.74) is 2.24. The molecule has 0 saturated carbocycles. The highest BCUT2D eigenvalue weighted by Gasteiger charge is 2.23. The highest BCUT2D eigenvalue weighted by atomic mass is 16.4. The van der Waals surface area contributed by atoms with Gasteiger partial charge in [0.05, 0.1) is 23.5 Å². The van der Waals surface area contributed by atoms with Crippen LogP contribution in [0, 0.1) is 0 Å². The fourth-order valence-electron chi connectivity index (χ4n) is 3.01. The van der Waals surface area contributed by atoms with Crippen molar-refractivity contribution in [2.24, 2.45) is 5.16 Å². The van der Waals surface area contributed by atoms with Crippen LogP contribution in [0.4, 0.5) is 10.5 Å². The van der Waals surface area contributed by atoms with Gasteiger partial charge in [0.15, 0.2) is 5.65 Å². The number of likely N-dealkylation sites (tertiary alicyclic amines) is 1. The first-order chi connectivity index (χ1) is 11.6. The predicted molar refractivity (Wildman–Crippen MR) is 88.8 cm³/mol. The number of hydrogen-bond acceptors (Lipinski definition) is 6. The average Bonchev–Trinajstić information content (AvgIpc) is 3.01. The number of fused-ring (bicyclic) bond motifs is 1. The molecule has 3 N–H and O–H groups in total. The Morgan fingerprint density at radius 1 is 1.46 bits per heavy atom. The van der Waals surface area contributed by atoms with Crippen molar-refractivity contribution in [3.05, 3.63) is 18.0 Å². The third-order valence-corrected chi connectivity index (χ3v) is 4.31. The van der Waals surface area contributed by atoms with Gasteiger partial charge >= 0.3 is 6.09 Å². The molecule has 1 amide bonds. The lowest BCUT2D eigenvalue weighted by atomic mass is 10.0. The summed E-state index contributed by atoms with van der Waals surface area (Å²) in [5, 5.41) is 29.7. The van der Waals surface area contributed by atoms with Gasteiger partial charge in [-0.25, -0.2) is 14.5 Å². The zero-order chi connectivity index (χ0) is 17.1. The lowest BCUT2D eigenvalue weighted by molar-refractivity contribution is 0.134. The van der Waals surface area contributed by atoms with Crippen molar-refractivity contribution in [2.75, 3.05) is 18.4 Å². The zero-order valence-electron chi connectivity index (χ0n) is 13.4. The molecule has 0 aromatic carbocycles. The first-order valence-electron chi connectivity index (χ1n) is 7.90. The molecule has 24 heavy (non-hydrogen) atoms. The summed E-state index contributed by atoms with van der Waals surface area (Å²) in [7, 11) is 0. The number of oxime groups is 1. The van der Waals surface area contributed by atoms with Crippen LogP contribution in [0.1, 0.15) is 25.3 Å². The standard InChI is InChI=1S/C15H20N6O3/c1-2-21-14-12(9-17-21)13(10(7-16-14)8-18-24)19-11-3-5-20(6-4-11)15(22)23/h7-9,11,24H,2-6H2,1H3,(H,16,19)(H,22,23)/b18-8+. The highest BCUT2D eigenvalue weighted by molar-refractivity contribution is 6.00. The van der Waals surface area contributed by atoms with Crippen molar-refractivity contribution in [3.8, 4) is 0 Å². The molecule has 0 unspecified atom stereocenters. The Bertz CT molecular complexity index is 764. The van der Waals surface area contributed by atoms with Crippen LogP contribution >= 0.6 is 0 Å². The van der Waals surface area contributed by atoms with E-state index in [2.05, 4.69) is 20.6 Å². The number of piperidine rings is 1. The Morgan fingerprint density at radius 3 is 2.83 bits per heavy atom. The maximum atomic E-state index is 11.0. The van der Waals surface area contributed by atoms with Gasteiger partial charge in [-0.05, 0) is 19.8 Å². The van der Waals surface area contributed by atoms with Crippen LogP contribution in [0.15, 0.2) is 17.5 Å². The molecule has 1 fully saturated rings. The molecule has 3 rings (SSSR count). The molecule has 1 aliphatic heterocycles. The molecular formula is C15H20N6O3. The van der Waals surface area contributed by atoms with E-state index in [1.165, 1.54) is 11.1 Å². The summed E-state index contributed by atoms with van der Waals surface area (Å²) in [4.78, 5) is 16.8. The molecule has 2 aromatic heterocycles. The molecule has 2 aromatic rings. The molecule has 0 radical (unpaired) electrons. The van der Waals surface area contributed by atoms with Crippen molar-refractivity contribution < 1.29 is 15.1 Å². The fourth-order valence-corrected chi connectivity index (χ4v) is 3.01. The van der Waals surface area contributed by atoms with Gasteiger partial charge in [-0.2, -0.15) is 5.10 Å². The molecule has 1 saturated heterocycles. The summed E-state index contributed by atoms with van der Waals surface area (Å²) >= 11 is 0. The van der Waals surface area contributed by atoms with E-state index in [1.807, 2.05) is 6.92 Å². The summed E-state index contributed by atoms with van der Waals surface area (Å²) in [6.45, 7) is 3.70. The van der Waals surface area contributed by atoms with E-state index in [1.54, 1.807) is 17.1 Å². The van der Waals surface area contributed by atoms with Crippen molar-refractivity contribution in [2.45, 2.75) is 32.4 Å². The molecule has 128 valence electrons. The number of aryl methyl sites for hydroxylation is 1. The quantitative estimate of drug-likeness (QED) is 0.447. The van der Waals surface area contributed by atoms with E-state index in [0.717, 1.165) is 16.7 Å². The lowest BCUT2D eigenvalue weighted by Gasteiger charge is -2.31. The number of rotatable bonds is 4. The van der Waals surface area contributed by atoms with Crippen LogP contribution in [0.25, 0.3) is 11.0 Å².